The van der Waals surface area contributed by atoms with E-state index in [1.807, 2.05) is 0 Å². The Bertz CT molecular complexity index is 603. The number of nitrogens with one attached hydrogen (secondary N) is 1. The number of hydrogen-bond acceptors (Lipinski definition) is 6. The lowest BCUT2D eigenvalue weighted by atomic mass is 9.91. The van der Waals surface area contributed by atoms with Crippen molar-refractivity contribution in [2.75, 3.05) is 18.0 Å². The lowest BCUT2D eigenvalue weighted by Crippen LogP contribution is -2.40. The Labute approximate surface area is 123 Å². The SMILES string of the molecule is CC(N)C1CCN(c2n[nH]c(-c3cncc(O)c3)n2)CC1. The molecule has 4 N–H and O–H groups in total. The number of rotatable bonds is 3. The third kappa shape index (κ3) is 2.97. The van der Waals surface area contributed by atoms with E-state index >= 15 is 0 Å². The van der Waals surface area contributed by atoms with Crippen molar-refractivity contribution in [3.05, 3.63) is 18.5 Å². The summed E-state index contributed by atoms with van der Waals surface area (Å²) in [6, 6.07) is 1.85. The molecule has 112 valence electrons. The lowest BCUT2D eigenvalue weighted by Gasteiger charge is -2.32. The maximum atomic E-state index is 9.46. The van der Waals surface area contributed by atoms with Crippen LogP contribution in [-0.4, -0.2) is 44.4 Å². The van der Waals surface area contributed by atoms with E-state index < -0.39 is 0 Å². The first-order valence-corrected chi connectivity index (χ1v) is 7.21. The van der Waals surface area contributed by atoms with E-state index in [-0.39, 0.29) is 11.8 Å². The number of aromatic nitrogens is 4. The second-order valence-electron chi connectivity index (χ2n) is 5.60. The predicted octanol–water partition coefficient (Wildman–Crippen LogP) is 1.14. The summed E-state index contributed by atoms with van der Waals surface area (Å²) in [6.45, 7) is 3.91. The molecule has 0 radical (unpaired) electrons. The zero-order valence-corrected chi connectivity index (χ0v) is 12.0. The van der Waals surface area contributed by atoms with Crippen molar-refractivity contribution in [1.82, 2.24) is 20.2 Å². The van der Waals surface area contributed by atoms with Crippen molar-refractivity contribution in [1.29, 1.82) is 0 Å². The fourth-order valence-electron chi connectivity index (χ4n) is 2.71. The standard InChI is InChI=1S/C14H20N6O/c1-9(15)10-2-4-20(5-3-10)14-17-13(18-19-14)11-6-12(21)8-16-7-11/h6-10,21H,2-5,15H2,1H3,(H,17,18,19). The van der Waals surface area contributed by atoms with Crippen molar-refractivity contribution < 1.29 is 5.11 Å². The van der Waals surface area contributed by atoms with E-state index in [0.29, 0.717) is 17.7 Å². The fourth-order valence-corrected chi connectivity index (χ4v) is 2.71. The van der Waals surface area contributed by atoms with Crippen LogP contribution in [-0.2, 0) is 0 Å². The molecule has 21 heavy (non-hydrogen) atoms. The first-order chi connectivity index (χ1) is 10.1. The number of piperidine rings is 1. The third-order valence-electron chi connectivity index (χ3n) is 4.04. The quantitative estimate of drug-likeness (QED) is 0.782. The molecule has 1 aliphatic heterocycles. The van der Waals surface area contributed by atoms with E-state index in [1.54, 1.807) is 12.3 Å². The Morgan fingerprint density at radius 3 is 2.81 bits per heavy atom. The number of aromatic amines is 1. The minimum Gasteiger partial charge on any atom is -0.506 e. The van der Waals surface area contributed by atoms with Gasteiger partial charge in [-0.15, -0.1) is 5.10 Å². The topological polar surface area (TPSA) is 104 Å². The van der Waals surface area contributed by atoms with Crippen LogP contribution in [0.3, 0.4) is 0 Å². The summed E-state index contributed by atoms with van der Waals surface area (Å²) in [6.07, 6.45) is 5.16. The predicted molar refractivity (Wildman–Crippen MR) is 79.9 cm³/mol. The van der Waals surface area contributed by atoms with Crippen LogP contribution in [0.4, 0.5) is 5.95 Å². The molecule has 2 aromatic rings. The largest absolute Gasteiger partial charge is 0.506 e. The van der Waals surface area contributed by atoms with Crippen molar-refractivity contribution in [3.63, 3.8) is 0 Å². The highest BCUT2D eigenvalue weighted by Crippen LogP contribution is 2.24. The molecule has 3 heterocycles. The molecule has 3 rings (SSSR count). The van der Waals surface area contributed by atoms with E-state index in [9.17, 15) is 5.11 Å². The van der Waals surface area contributed by atoms with E-state index in [2.05, 4.69) is 32.0 Å². The second-order valence-corrected chi connectivity index (χ2v) is 5.60. The molecule has 7 nitrogen and oxygen atoms in total. The highest BCUT2D eigenvalue weighted by molar-refractivity contribution is 5.56. The number of anilines is 1. The van der Waals surface area contributed by atoms with Crippen molar-refractivity contribution in [3.8, 4) is 17.1 Å². The molecule has 0 aliphatic carbocycles. The maximum absolute atomic E-state index is 9.46. The Hall–Kier alpha value is -2.15. The average Bonchev–Trinajstić information content (AvgIpc) is 2.97. The van der Waals surface area contributed by atoms with Gasteiger partial charge in [-0.2, -0.15) is 4.98 Å². The van der Waals surface area contributed by atoms with Gasteiger partial charge in [-0.3, -0.25) is 10.1 Å². The van der Waals surface area contributed by atoms with Gasteiger partial charge in [-0.1, -0.05) is 0 Å². The molecule has 0 aromatic carbocycles. The van der Waals surface area contributed by atoms with Crippen LogP contribution >= 0.6 is 0 Å². The van der Waals surface area contributed by atoms with Crippen LogP contribution in [0, 0.1) is 5.92 Å². The van der Waals surface area contributed by atoms with Gasteiger partial charge in [0.05, 0.1) is 6.20 Å². The average molecular weight is 288 g/mol. The van der Waals surface area contributed by atoms with E-state index in [1.165, 1.54) is 6.20 Å². The summed E-state index contributed by atoms with van der Waals surface area (Å²) in [4.78, 5) is 10.6. The normalized spacial score (nSPS) is 17.9. The highest BCUT2D eigenvalue weighted by Gasteiger charge is 2.24. The van der Waals surface area contributed by atoms with Crippen LogP contribution in [0.1, 0.15) is 19.8 Å². The van der Waals surface area contributed by atoms with Crippen molar-refractivity contribution in [2.24, 2.45) is 11.7 Å². The van der Waals surface area contributed by atoms with Crippen LogP contribution in [0.25, 0.3) is 11.4 Å². The molecule has 1 atom stereocenters. The number of H-pyrrole nitrogens is 1. The van der Waals surface area contributed by atoms with Gasteiger partial charge in [0, 0.05) is 30.9 Å². The Morgan fingerprint density at radius 1 is 1.38 bits per heavy atom. The molecule has 7 heteroatoms. The molecule has 1 saturated heterocycles. The monoisotopic (exact) mass is 288 g/mol. The van der Waals surface area contributed by atoms with Crippen molar-refractivity contribution >= 4 is 5.95 Å². The Balaban J connectivity index is 1.71. The van der Waals surface area contributed by atoms with Crippen molar-refractivity contribution in [2.45, 2.75) is 25.8 Å². The molecule has 1 aliphatic rings. The van der Waals surface area contributed by atoms with Gasteiger partial charge in [-0.05, 0) is 31.7 Å². The third-order valence-corrected chi connectivity index (χ3v) is 4.04. The van der Waals surface area contributed by atoms with Crippen LogP contribution in [0.5, 0.6) is 5.75 Å². The Kier molecular flexibility index (Phi) is 3.74. The minimum absolute atomic E-state index is 0.114. The number of nitrogens with two attached hydrogens (primary N) is 1. The molecule has 0 saturated carbocycles. The summed E-state index contributed by atoms with van der Waals surface area (Å²) in [7, 11) is 0. The Morgan fingerprint density at radius 2 is 2.14 bits per heavy atom. The molecule has 0 amide bonds. The first kappa shape index (κ1) is 13.8. The summed E-state index contributed by atoms with van der Waals surface area (Å²) < 4.78 is 0. The van der Waals surface area contributed by atoms with Crippen LogP contribution < -0.4 is 10.6 Å². The second kappa shape index (κ2) is 5.69. The number of aromatic hydroxyl groups is 1. The lowest BCUT2D eigenvalue weighted by molar-refractivity contribution is 0.352. The summed E-state index contributed by atoms with van der Waals surface area (Å²) in [5.74, 6) is 2.00. The van der Waals surface area contributed by atoms with Gasteiger partial charge in [0.2, 0.25) is 5.95 Å². The van der Waals surface area contributed by atoms with E-state index in [4.69, 9.17) is 5.73 Å². The summed E-state index contributed by atoms with van der Waals surface area (Å²) in [5, 5.41) is 16.6. The zero-order chi connectivity index (χ0) is 14.8. The van der Waals surface area contributed by atoms with Gasteiger partial charge in [0.25, 0.3) is 0 Å². The summed E-state index contributed by atoms with van der Waals surface area (Å²) in [5.41, 5.74) is 6.68. The van der Waals surface area contributed by atoms with Gasteiger partial charge in [-0.25, -0.2) is 0 Å². The van der Waals surface area contributed by atoms with Gasteiger partial charge in [0.1, 0.15) is 5.75 Å². The number of nitrogens with zero attached hydrogens (tertiary/aromatic N) is 4. The smallest absolute Gasteiger partial charge is 0.245 e. The van der Waals surface area contributed by atoms with Crippen LogP contribution in [0.2, 0.25) is 0 Å². The molecular weight excluding hydrogens is 268 g/mol. The fraction of sp³-hybridized carbons (Fsp3) is 0.500. The zero-order valence-electron chi connectivity index (χ0n) is 12.0. The molecule has 1 unspecified atom stereocenters. The highest BCUT2D eigenvalue weighted by atomic mass is 16.3. The molecule has 1 fully saturated rings. The minimum atomic E-state index is 0.114. The van der Waals surface area contributed by atoms with Gasteiger partial charge in [0.15, 0.2) is 5.82 Å². The molecule has 0 bridgehead atoms. The molecule has 0 spiro atoms. The maximum Gasteiger partial charge on any atom is 0.245 e. The van der Waals surface area contributed by atoms with Crippen LogP contribution in [0.15, 0.2) is 18.5 Å². The number of pyridine rings is 1. The van der Waals surface area contributed by atoms with E-state index in [0.717, 1.165) is 31.5 Å². The molecule has 2 aromatic heterocycles. The summed E-state index contributed by atoms with van der Waals surface area (Å²) >= 11 is 0. The van der Waals surface area contributed by atoms with Gasteiger partial charge >= 0.3 is 0 Å². The number of hydrogen-bond donors (Lipinski definition) is 3. The first-order valence-electron chi connectivity index (χ1n) is 7.21. The van der Waals surface area contributed by atoms with Gasteiger partial charge < -0.3 is 15.7 Å². The molecular formula is C14H20N6O.